The van der Waals surface area contributed by atoms with Crippen molar-refractivity contribution in [1.29, 1.82) is 0 Å². The number of hydrogen-bond acceptors (Lipinski definition) is 5. The first kappa shape index (κ1) is 17.3. The van der Waals surface area contributed by atoms with E-state index in [9.17, 15) is 13.2 Å². The minimum absolute atomic E-state index is 0.0808. The average Bonchev–Trinajstić information content (AvgIpc) is 2.38. The third-order valence-electron chi connectivity index (χ3n) is 3.55. The minimum atomic E-state index is -3.51. The molecule has 0 amide bonds. The fraction of sp³-hybridized carbons (Fsp3) is 0.833. The number of thiocarbonyl (C=S) groups is 1. The second-order valence-corrected chi connectivity index (χ2v) is 7.39. The van der Waals surface area contributed by atoms with Crippen molar-refractivity contribution in [3.05, 3.63) is 0 Å². The Labute approximate surface area is 125 Å². The molecule has 0 radical (unpaired) electrons. The van der Waals surface area contributed by atoms with Crippen molar-refractivity contribution in [2.24, 2.45) is 5.73 Å². The minimum Gasteiger partial charge on any atom is -0.469 e. The first-order chi connectivity index (χ1) is 9.31. The molecule has 0 aromatic rings. The number of nitrogens with one attached hydrogen (secondary N) is 1. The van der Waals surface area contributed by atoms with Crippen LogP contribution in [0.5, 0.6) is 0 Å². The molecule has 0 heterocycles. The van der Waals surface area contributed by atoms with Gasteiger partial charge in [-0.2, -0.15) is 0 Å². The third-order valence-corrected chi connectivity index (χ3v) is 5.47. The van der Waals surface area contributed by atoms with Gasteiger partial charge in [0.05, 0.1) is 23.4 Å². The van der Waals surface area contributed by atoms with E-state index in [1.807, 2.05) is 0 Å². The lowest BCUT2D eigenvalue weighted by atomic mass is 9.82. The number of hydrogen-bond donors (Lipinski definition) is 2. The highest BCUT2D eigenvalue weighted by Gasteiger charge is 2.38. The fourth-order valence-corrected chi connectivity index (χ4v) is 4.27. The van der Waals surface area contributed by atoms with Crippen LogP contribution < -0.4 is 10.5 Å². The van der Waals surface area contributed by atoms with Crippen LogP contribution in [0.25, 0.3) is 0 Å². The van der Waals surface area contributed by atoms with Crippen LogP contribution in [-0.2, 0) is 19.6 Å². The van der Waals surface area contributed by atoms with Crippen LogP contribution >= 0.6 is 12.2 Å². The Morgan fingerprint density at radius 1 is 1.35 bits per heavy atom. The van der Waals surface area contributed by atoms with Crippen molar-refractivity contribution in [2.45, 2.75) is 50.5 Å². The molecule has 0 saturated heterocycles. The lowest BCUT2D eigenvalue weighted by molar-refractivity contribution is -0.140. The van der Waals surface area contributed by atoms with E-state index >= 15 is 0 Å². The second kappa shape index (κ2) is 7.33. The van der Waals surface area contributed by atoms with Crippen LogP contribution in [0.2, 0.25) is 0 Å². The molecular formula is C12H22N2O4S2. The Morgan fingerprint density at radius 3 is 2.45 bits per heavy atom. The molecule has 116 valence electrons. The maximum Gasteiger partial charge on any atom is 0.305 e. The first-order valence-corrected chi connectivity index (χ1v) is 8.76. The summed E-state index contributed by atoms with van der Waals surface area (Å²) in [6, 6.07) is 0. The largest absolute Gasteiger partial charge is 0.469 e. The molecule has 0 aromatic carbocycles. The van der Waals surface area contributed by atoms with Gasteiger partial charge in [0, 0.05) is 6.42 Å². The van der Waals surface area contributed by atoms with E-state index in [1.54, 1.807) is 0 Å². The van der Waals surface area contributed by atoms with Crippen LogP contribution in [0.15, 0.2) is 0 Å². The first-order valence-electron chi connectivity index (χ1n) is 6.70. The molecule has 3 N–H and O–H groups in total. The highest BCUT2D eigenvalue weighted by Crippen LogP contribution is 2.29. The summed E-state index contributed by atoms with van der Waals surface area (Å²) in [5, 5.41) is 0. The number of carbonyl (C=O) groups excluding carboxylic acids is 1. The van der Waals surface area contributed by atoms with E-state index in [0.717, 1.165) is 19.3 Å². The zero-order chi connectivity index (χ0) is 15.2. The molecule has 0 atom stereocenters. The number of sulfonamides is 1. The van der Waals surface area contributed by atoms with Crippen LogP contribution in [0.4, 0.5) is 0 Å². The quantitative estimate of drug-likeness (QED) is 0.532. The molecule has 1 aliphatic carbocycles. The van der Waals surface area contributed by atoms with Crippen molar-refractivity contribution >= 4 is 33.2 Å². The van der Waals surface area contributed by atoms with Gasteiger partial charge in [-0.25, -0.2) is 13.1 Å². The van der Waals surface area contributed by atoms with Crippen LogP contribution in [0, 0.1) is 0 Å². The average molecular weight is 322 g/mol. The van der Waals surface area contributed by atoms with Crippen molar-refractivity contribution in [2.75, 3.05) is 12.9 Å². The Kier molecular flexibility index (Phi) is 6.35. The molecular weight excluding hydrogens is 300 g/mol. The molecule has 8 heteroatoms. The van der Waals surface area contributed by atoms with Gasteiger partial charge >= 0.3 is 5.97 Å². The van der Waals surface area contributed by atoms with Crippen LogP contribution in [0.1, 0.15) is 44.9 Å². The second-order valence-electron chi connectivity index (χ2n) is 5.11. The summed E-state index contributed by atoms with van der Waals surface area (Å²) in [5.74, 6) is -0.547. The summed E-state index contributed by atoms with van der Waals surface area (Å²) in [7, 11) is -2.24. The highest BCUT2D eigenvalue weighted by atomic mass is 32.2. The standard InChI is InChI=1S/C12H22N2O4S2/c1-18-10(15)6-5-9-20(16,17)14-12(11(13)19)7-3-2-4-8-12/h14H,2-9H2,1H3,(H2,13,19). The van der Waals surface area contributed by atoms with Crippen molar-refractivity contribution in [1.82, 2.24) is 4.72 Å². The summed E-state index contributed by atoms with van der Waals surface area (Å²) < 4.78 is 31.3. The molecule has 1 aliphatic rings. The number of ether oxygens (including phenoxy) is 1. The Balaban J connectivity index is 2.62. The molecule has 0 spiro atoms. The van der Waals surface area contributed by atoms with Gasteiger partial charge in [0.25, 0.3) is 0 Å². The van der Waals surface area contributed by atoms with E-state index in [0.29, 0.717) is 12.8 Å². The summed E-state index contributed by atoms with van der Waals surface area (Å²) >= 11 is 5.05. The summed E-state index contributed by atoms with van der Waals surface area (Å²) in [5.41, 5.74) is 4.94. The van der Waals surface area contributed by atoms with Crippen molar-refractivity contribution in [3.8, 4) is 0 Å². The van der Waals surface area contributed by atoms with E-state index in [1.165, 1.54) is 7.11 Å². The normalized spacial score (nSPS) is 18.4. The summed E-state index contributed by atoms with van der Waals surface area (Å²) in [6.07, 6.45) is 4.45. The molecule has 0 bridgehead atoms. The maximum absolute atomic E-state index is 12.1. The van der Waals surface area contributed by atoms with E-state index in [-0.39, 0.29) is 23.6 Å². The Morgan fingerprint density at radius 2 is 1.95 bits per heavy atom. The van der Waals surface area contributed by atoms with E-state index in [4.69, 9.17) is 18.0 Å². The monoisotopic (exact) mass is 322 g/mol. The molecule has 1 rings (SSSR count). The molecule has 0 unspecified atom stereocenters. The van der Waals surface area contributed by atoms with Gasteiger partial charge < -0.3 is 10.5 Å². The maximum atomic E-state index is 12.1. The zero-order valence-corrected chi connectivity index (χ0v) is 13.3. The molecule has 1 fully saturated rings. The van der Waals surface area contributed by atoms with Crippen LogP contribution in [-0.4, -0.2) is 37.8 Å². The fourth-order valence-electron chi connectivity index (χ4n) is 2.41. The molecule has 1 saturated carbocycles. The highest BCUT2D eigenvalue weighted by molar-refractivity contribution is 7.89. The number of rotatable bonds is 7. The van der Waals surface area contributed by atoms with E-state index in [2.05, 4.69) is 9.46 Å². The van der Waals surface area contributed by atoms with Crippen molar-refractivity contribution < 1.29 is 17.9 Å². The predicted molar refractivity (Wildman–Crippen MR) is 80.8 cm³/mol. The summed E-state index contributed by atoms with van der Waals surface area (Å²) in [4.78, 5) is 11.2. The zero-order valence-electron chi connectivity index (χ0n) is 11.7. The smallest absolute Gasteiger partial charge is 0.305 e. The van der Waals surface area contributed by atoms with Gasteiger partial charge in [0.2, 0.25) is 10.0 Å². The third kappa shape index (κ3) is 4.99. The van der Waals surface area contributed by atoms with Gasteiger partial charge in [-0.05, 0) is 19.3 Å². The topological polar surface area (TPSA) is 98.5 Å². The molecule has 0 aromatic heterocycles. The predicted octanol–water partition coefficient (Wildman–Crippen LogP) is 0.848. The lowest BCUT2D eigenvalue weighted by Crippen LogP contribution is -2.58. The number of nitrogens with two attached hydrogens (primary N) is 1. The van der Waals surface area contributed by atoms with Gasteiger partial charge in [-0.3, -0.25) is 4.79 Å². The summed E-state index contributed by atoms with van der Waals surface area (Å²) in [6.45, 7) is 0. The van der Waals surface area contributed by atoms with Gasteiger partial charge in [-0.15, -0.1) is 0 Å². The SMILES string of the molecule is COC(=O)CCCS(=O)(=O)NC1(C(N)=S)CCCCC1. The number of esters is 1. The Hall–Kier alpha value is -0.730. The van der Waals surface area contributed by atoms with Gasteiger partial charge in [0.15, 0.2) is 0 Å². The molecule has 6 nitrogen and oxygen atoms in total. The lowest BCUT2D eigenvalue weighted by Gasteiger charge is -2.36. The molecule has 0 aliphatic heterocycles. The van der Waals surface area contributed by atoms with Crippen LogP contribution in [0.3, 0.4) is 0 Å². The van der Waals surface area contributed by atoms with E-state index < -0.39 is 21.5 Å². The number of carbonyl (C=O) groups is 1. The number of methoxy groups -OCH3 is 1. The van der Waals surface area contributed by atoms with Gasteiger partial charge in [-0.1, -0.05) is 31.5 Å². The van der Waals surface area contributed by atoms with Gasteiger partial charge in [0.1, 0.15) is 0 Å². The Bertz CT molecular complexity index is 456. The molecule has 20 heavy (non-hydrogen) atoms. The van der Waals surface area contributed by atoms with Crippen molar-refractivity contribution in [3.63, 3.8) is 0 Å².